The molecule has 0 heterocycles. The molecule has 4 N–H and O–H groups in total. The van der Waals surface area contributed by atoms with Gasteiger partial charge in [-0.25, -0.2) is 4.79 Å². The van der Waals surface area contributed by atoms with E-state index < -0.39 is 6.23 Å². The molecule has 0 spiro atoms. The molecule has 72 valence electrons. The Balaban J connectivity index is 3.67. The molecule has 2 unspecified atom stereocenters. The van der Waals surface area contributed by atoms with Crippen LogP contribution in [-0.4, -0.2) is 37.0 Å². The number of nitrogens with one attached hydrogen (secondary N) is 3. The minimum Gasteiger partial charge on any atom is -0.376 e. The second-order valence-electron chi connectivity index (χ2n) is 2.53. The van der Waals surface area contributed by atoms with Crippen molar-refractivity contribution in [1.29, 1.82) is 0 Å². The van der Waals surface area contributed by atoms with Gasteiger partial charge in [0, 0.05) is 6.54 Å². The van der Waals surface area contributed by atoms with Crippen LogP contribution in [0.25, 0.3) is 0 Å². The van der Waals surface area contributed by atoms with Gasteiger partial charge in [-0.3, -0.25) is 5.32 Å². The Morgan fingerprint density at radius 3 is 2.58 bits per heavy atom. The standard InChI is InChI=1S/C7H17N3O2/c1-4-9-7(12)10-5(2)6(11)8-3/h5-6,8,11H,4H2,1-3H3,(H2,9,10,12). The van der Waals surface area contributed by atoms with Gasteiger partial charge >= 0.3 is 6.03 Å². The van der Waals surface area contributed by atoms with E-state index in [9.17, 15) is 9.90 Å². The van der Waals surface area contributed by atoms with Gasteiger partial charge in [0.1, 0.15) is 6.23 Å². The molecule has 0 rings (SSSR count). The van der Waals surface area contributed by atoms with E-state index in [0.29, 0.717) is 6.54 Å². The minimum absolute atomic E-state index is 0.265. The number of hydrogen-bond acceptors (Lipinski definition) is 3. The fourth-order valence-corrected chi connectivity index (χ4v) is 0.747. The van der Waals surface area contributed by atoms with Crippen molar-refractivity contribution in [3.63, 3.8) is 0 Å². The van der Waals surface area contributed by atoms with E-state index in [2.05, 4.69) is 16.0 Å². The molecule has 5 nitrogen and oxygen atoms in total. The Hall–Kier alpha value is -0.810. The summed E-state index contributed by atoms with van der Waals surface area (Å²) < 4.78 is 0. The zero-order chi connectivity index (χ0) is 9.56. The van der Waals surface area contributed by atoms with Gasteiger partial charge in [0.2, 0.25) is 0 Å². The molecular formula is C7H17N3O2. The summed E-state index contributed by atoms with van der Waals surface area (Å²) in [6.45, 7) is 4.13. The molecule has 0 aromatic carbocycles. The summed E-state index contributed by atoms with van der Waals surface area (Å²) in [7, 11) is 1.63. The van der Waals surface area contributed by atoms with Crippen LogP contribution in [0.5, 0.6) is 0 Å². The SMILES string of the molecule is CCNC(=O)NC(C)C(O)NC. The van der Waals surface area contributed by atoms with Crippen LogP contribution in [0.15, 0.2) is 0 Å². The summed E-state index contributed by atoms with van der Waals surface area (Å²) in [4.78, 5) is 10.9. The van der Waals surface area contributed by atoms with Crippen LogP contribution >= 0.6 is 0 Å². The van der Waals surface area contributed by atoms with Crippen molar-refractivity contribution in [2.24, 2.45) is 0 Å². The third-order valence-corrected chi connectivity index (χ3v) is 1.47. The maximum absolute atomic E-state index is 10.9. The Bertz CT molecular complexity index is 141. The summed E-state index contributed by atoms with van der Waals surface area (Å²) >= 11 is 0. The Morgan fingerprint density at radius 1 is 1.58 bits per heavy atom. The zero-order valence-electron chi connectivity index (χ0n) is 7.72. The van der Waals surface area contributed by atoms with Crippen molar-refractivity contribution in [3.8, 4) is 0 Å². The number of amides is 2. The molecule has 2 amide bonds. The van der Waals surface area contributed by atoms with E-state index in [1.165, 1.54) is 0 Å². The van der Waals surface area contributed by atoms with Crippen LogP contribution in [0.2, 0.25) is 0 Å². The van der Waals surface area contributed by atoms with E-state index in [-0.39, 0.29) is 12.1 Å². The monoisotopic (exact) mass is 175 g/mol. The summed E-state index contributed by atoms with van der Waals surface area (Å²) in [5.41, 5.74) is 0. The van der Waals surface area contributed by atoms with E-state index in [0.717, 1.165) is 0 Å². The topological polar surface area (TPSA) is 73.4 Å². The van der Waals surface area contributed by atoms with Crippen LogP contribution in [0.4, 0.5) is 4.79 Å². The molecule has 0 fully saturated rings. The van der Waals surface area contributed by atoms with E-state index in [1.807, 2.05) is 6.92 Å². The van der Waals surface area contributed by atoms with Gasteiger partial charge < -0.3 is 15.7 Å². The Labute approximate surface area is 72.5 Å². The fourth-order valence-electron chi connectivity index (χ4n) is 0.747. The second kappa shape index (κ2) is 5.79. The number of aliphatic hydroxyl groups is 1. The number of likely N-dealkylation sites (N-methyl/N-ethyl adjacent to an activating group) is 1. The third kappa shape index (κ3) is 4.15. The van der Waals surface area contributed by atoms with Gasteiger partial charge in [0.25, 0.3) is 0 Å². The highest BCUT2D eigenvalue weighted by molar-refractivity contribution is 5.74. The van der Waals surface area contributed by atoms with Crippen LogP contribution in [0, 0.1) is 0 Å². The number of urea groups is 1. The van der Waals surface area contributed by atoms with Crippen LogP contribution in [0.1, 0.15) is 13.8 Å². The van der Waals surface area contributed by atoms with Gasteiger partial charge in [0.05, 0.1) is 6.04 Å². The van der Waals surface area contributed by atoms with Gasteiger partial charge in [-0.15, -0.1) is 0 Å². The molecule has 0 saturated heterocycles. The normalized spacial score (nSPS) is 15.0. The first-order chi connectivity index (χ1) is 5.61. The van der Waals surface area contributed by atoms with Crippen molar-refractivity contribution < 1.29 is 9.90 Å². The van der Waals surface area contributed by atoms with Crippen molar-refractivity contribution in [3.05, 3.63) is 0 Å². The highest BCUT2D eigenvalue weighted by Gasteiger charge is 2.13. The molecule has 0 radical (unpaired) electrons. The smallest absolute Gasteiger partial charge is 0.315 e. The van der Waals surface area contributed by atoms with Crippen molar-refractivity contribution in [2.75, 3.05) is 13.6 Å². The molecule has 0 aromatic heterocycles. The van der Waals surface area contributed by atoms with Gasteiger partial charge in [-0.2, -0.15) is 0 Å². The lowest BCUT2D eigenvalue weighted by molar-refractivity contribution is 0.111. The first kappa shape index (κ1) is 11.2. The molecule has 0 aliphatic carbocycles. The van der Waals surface area contributed by atoms with Gasteiger partial charge in [-0.1, -0.05) is 0 Å². The number of aliphatic hydroxyl groups excluding tert-OH is 1. The van der Waals surface area contributed by atoms with Gasteiger partial charge in [-0.05, 0) is 20.9 Å². The van der Waals surface area contributed by atoms with E-state index >= 15 is 0 Å². The van der Waals surface area contributed by atoms with E-state index in [1.54, 1.807) is 14.0 Å². The summed E-state index contributed by atoms with van der Waals surface area (Å²) in [6.07, 6.45) is -0.715. The molecule has 0 aliphatic rings. The summed E-state index contributed by atoms with van der Waals surface area (Å²) in [6, 6.07) is -0.569. The Kier molecular flexibility index (Phi) is 5.40. The van der Waals surface area contributed by atoms with Crippen LogP contribution < -0.4 is 16.0 Å². The first-order valence-corrected chi connectivity index (χ1v) is 4.01. The summed E-state index contributed by atoms with van der Waals surface area (Å²) in [5, 5.41) is 17.0. The lowest BCUT2D eigenvalue weighted by atomic mass is 10.3. The molecule has 5 heteroatoms. The number of hydrogen-bond donors (Lipinski definition) is 4. The molecule has 0 aromatic rings. The van der Waals surface area contributed by atoms with E-state index in [4.69, 9.17) is 0 Å². The molecule has 2 atom stereocenters. The number of carbonyl (C=O) groups is 1. The van der Waals surface area contributed by atoms with Gasteiger partial charge in [0.15, 0.2) is 0 Å². The molecule has 0 bridgehead atoms. The number of rotatable bonds is 4. The maximum Gasteiger partial charge on any atom is 0.315 e. The highest BCUT2D eigenvalue weighted by atomic mass is 16.3. The average Bonchev–Trinajstić information content (AvgIpc) is 2.03. The third-order valence-electron chi connectivity index (χ3n) is 1.47. The van der Waals surface area contributed by atoms with Crippen LogP contribution in [0.3, 0.4) is 0 Å². The van der Waals surface area contributed by atoms with Crippen LogP contribution in [-0.2, 0) is 0 Å². The van der Waals surface area contributed by atoms with Crippen molar-refractivity contribution in [1.82, 2.24) is 16.0 Å². The lowest BCUT2D eigenvalue weighted by Crippen LogP contribution is -2.50. The lowest BCUT2D eigenvalue weighted by Gasteiger charge is -2.19. The molecule has 0 saturated carbocycles. The first-order valence-electron chi connectivity index (χ1n) is 4.01. The minimum atomic E-state index is -0.715. The molecule has 12 heavy (non-hydrogen) atoms. The second-order valence-corrected chi connectivity index (χ2v) is 2.53. The predicted octanol–water partition coefficient (Wildman–Crippen LogP) is -0.768. The predicted molar refractivity (Wildman–Crippen MR) is 46.7 cm³/mol. The zero-order valence-corrected chi connectivity index (χ0v) is 7.72. The average molecular weight is 175 g/mol. The van der Waals surface area contributed by atoms with Crippen molar-refractivity contribution >= 4 is 6.03 Å². The number of carbonyl (C=O) groups excluding carboxylic acids is 1. The summed E-state index contributed by atoms with van der Waals surface area (Å²) in [5.74, 6) is 0. The van der Waals surface area contributed by atoms with Crippen molar-refractivity contribution in [2.45, 2.75) is 26.1 Å². The maximum atomic E-state index is 10.9. The Morgan fingerprint density at radius 2 is 2.17 bits per heavy atom. The fraction of sp³-hybridized carbons (Fsp3) is 0.857. The quantitative estimate of drug-likeness (QED) is 0.424. The molecular weight excluding hydrogens is 158 g/mol. The largest absolute Gasteiger partial charge is 0.376 e. The highest BCUT2D eigenvalue weighted by Crippen LogP contribution is 1.86. The molecule has 0 aliphatic heterocycles.